The number of rotatable bonds is 5. The Balaban J connectivity index is 1.67. The third kappa shape index (κ3) is 3.67. The predicted molar refractivity (Wildman–Crippen MR) is 83.2 cm³/mol. The quantitative estimate of drug-likeness (QED) is 0.886. The molecule has 1 aromatic carbocycles. The van der Waals surface area contributed by atoms with Crippen LogP contribution in [0.1, 0.15) is 34.5 Å². The van der Waals surface area contributed by atoms with Gasteiger partial charge in [-0.15, -0.1) is 0 Å². The Hall–Kier alpha value is -2.20. The van der Waals surface area contributed by atoms with Crippen LogP contribution < -0.4 is 10.6 Å². The minimum Gasteiger partial charge on any atom is -0.321 e. The molecular formula is C17H19N3O. The highest BCUT2D eigenvalue weighted by Gasteiger charge is 2.19. The molecule has 2 N–H and O–H groups in total. The fourth-order valence-electron chi connectivity index (χ4n) is 2.22. The van der Waals surface area contributed by atoms with E-state index in [2.05, 4.69) is 21.7 Å². The monoisotopic (exact) mass is 281 g/mol. The summed E-state index contributed by atoms with van der Waals surface area (Å²) in [5.74, 6) is -0.166. The predicted octanol–water partition coefficient (Wildman–Crippen LogP) is 2.89. The van der Waals surface area contributed by atoms with Gasteiger partial charge in [0.25, 0.3) is 5.91 Å². The topological polar surface area (TPSA) is 54.0 Å². The highest BCUT2D eigenvalue weighted by Crippen LogP contribution is 2.20. The molecule has 0 saturated heterocycles. The Labute approximate surface area is 124 Å². The van der Waals surface area contributed by atoms with Gasteiger partial charge in [0.05, 0.1) is 0 Å². The maximum Gasteiger partial charge on any atom is 0.274 e. The van der Waals surface area contributed by atoms with Gasteiger partial charge in [0.1, 0.15) is 5.69 Å². The van der Waals surface area contributed by atoms with Gasteiger partial charge >= 0.3 is 0 Å². The summed E-state index contributed by atoms with van der Waals surface area (Å²) in [5.41, 5.74) is 3.33. The summed E-state index contributed by atoms with van der Waals surface area (Å²) in [6, 6.07) is 12.3. The molecule has 0 atom stereocenters. The summed E-state index contributed by atoms with van der Waals surface area (Å²) < 4.78 is 0. The van der Waals surface area contributed by atoms with E-state index >= 15 is 0 Å². The fourth-order valence-corrected chi connectivity index (χ4v) is 2.22. The molecule has 1 amide bonds. The van der Waals surface area contributed by atoms with Crippen molar-refractivity contribution in [2.24, 2.45) is 0 Å². The van der Waals surface area contributed by atoms with Crippen molar-refractivity contribution in [1.82, 2.24) is 10.3 Å². The molecule has 1 heterocycles. The number of nitrogens with zero attached hydrogens (tertiary/aromatic N) is 1. The van der Waals surface area contributed by atoms with Gasteiger partial charge in [0, 0.05) is 24.5 Å². The Morgan fingerprint density at radius 3 is 2.90 bits per heavy atom. The zero-order valence-corrected chi connectivity index (χ0v) is 12.1. The fraction of sp³-hybridized carbons (Fsp3) is 0.294. The van der Waals surface area contributed by atoms with Crippen molar-refractivity contribution in [2.45, 2.75) is 32.4 Å². The van der Waals surface area contributed by atoms with E-state index in [9.17, 15) is 4.79 Å². The van der Waals surface area contributed by atoms with Crippen LogP contribution in [0.15, 0.2) is 42.6 Å². The zero-order valence-electron chi connectivity index (χ0n) is 12.1. The molecule has 1 saturated carbocycles. The lowest BCUT2D eigenvalue weighted by Crippen LogP contribution is -2.17. The number of hydrogen-bond donors (Lipinski definition) is 2. The first-order chi connectivity index (χ1) is 10.2. The molecule has 0 aliphatic heterocycles. The lowest BCUT2D eigenvalue weighted by Gasteiger charge is -2.09. The van der Waals surface area contributed by atoms with E-state index in [1.165, 1.54) is 18.4 Å². The second-order valence-corrected chi connectivity index (χ2v) is 5.48. The van der Waals surface area contributed by atoms with Crippen LogP contribution in [0, 0.1) is 6.92 Å². The van der Waals surface area contributed by atoms with Crippen LogP contribution in [0.5, 0.6) is 0 Å². The third-order valence-electron chi connectivity index (χ3n) is 3.58. The van der Waals surface area contributed by atoms with Crippen molar-refractivity contribution in [3.05, 3.63) is 59.4 Å². The van der Waals surface area contributed by atoms with Crippen molar-refractivity contribution < 1.29 is 4.79 Å². The molecular weight excluding hydrogens is 262 g/mol. The van der Waals surface area contributed by atoms with E-state index in [0.29, 0.717) is 11.7 Å². The van der Waals surface area contributed by atoms with E-state index in [0.717, 1.165) is 17.8 Å². The Bertz CT molecular complexity index is 650. The zero-order chi connectivity index (χ0) is 14.7. The van der Waals surface area contributed by atoms with Crippen LogP contribution in [-0.2, 0) is 6.54 Å². The lowest BCUT2D eigenvalue weighted by atomic mass is 10.1. The summed E-state index contributed by atoms with van der Waals surface area (Å²) in [5, 5.41) is 6.38. The minimum absolute atomic E-state index is 0.166. The SMILES string of the molecule is Cc1cccnc1C(=O)Nc1cccc(CNC2CC2)c1. The Kier molecular flexibility index (Phi) is 3.97. The van der Waals surface area contributed by atoms with E-state index in [1.54, 1.807) is 6.20 Å². The average Bonchev–Trinajstić information content (AvgIpc) is 3.30. The number of amides is 1. The summed E-state index contributed by atoms with van der Waals surface area (Å²) in [4.78, 5) is 16.4. The van der Waals surface area contributed by atoms with Gasteiger partial charge in [-0.25, -0.2) is 0 Å². The van der Waals surface area contributed by atoms with Gasteiger partial charge in [0.2, 0.25) is 0 Å². The maximum atomic E-state index is 12.2. The second kappa shape index (κ2) is 6.06. The minimum atomic E-state index is -0.166. The van der Waals surface area contributed by atoms with E-state index in [1.807, 2.05) is 37.3 Å². The number of nitrogens with one attached hydrogen (secondary N) is 2. The number of aromatic nitrogens is 1. The summed E-state index contributed by atoms with van der Waals surface area (Å²) in [6.07, 6.45) is 4.18. The van der Waals surface area contributed by atoms with Crippen LogP contribution in [0.3, 0.4) is 0 Å². The van der Waals surface area contributed by atoms with Crippen molar-refractivity contribution in [1.29, 1.82) is 0 Å². The molecule has 1 aromatic heterocycles. The van der Waals surface area contributed by atoms with Gasteiger partial charge in [-0.05, 0) is 49.1 Å². The highest BCUT2D eigenvalue weighted by molar-refractivity contribution is 6.03. The van der Waals surface area contributed by atoms with Gasteiger partial charge in [-0.1, -0.05) is 18.2 Å². The van der Waals surface area contributed by atoms with Gasteiger partial charge in [0.15, 0.2) is 0 Å². The smallest absolute Gasteiger partial charge is 0.274 e. The van der Waals surface area contributed by atoms with E-state index in [-0.39, 0.29) is 5.91 Å². The molecule has 1 aliphatic rings. The maximum absolute atomic E-state index is 12.2. The molecule has 0 radical (unpaired) electrons. The van der Waals surface area contributed by atoms with Crippen molar-refractivity contribution in [3.8, 4) is 0 Å². The number of pyridine rings is 1. The molecule has 21 heavy (non-hydrogen) atoms. The van der Waals surface area contributed by atoms with Crippen molar-refractivity contribution >= 4 is 11.6 Å². The number of benzene rings is 1. The first-order valence-corrected chi connectivity index (χ1v) is 7.27. The standard InChI is InChI=1S/C17H19N3O/c1-12-4-3-9-18-16(12)17(21)20-15-6-2-5-13(10-15)11-19-14-7-8-14/h2-6,9-10,14,19H,7-8,11H2,1H3,(H,20,21). The van der Waals surface area contributed by atoms with Gasteiger partial charge in [-0.2, -0.15) is 0 Å². The van der Waals surface area contributed by atoms with Gasteiger partial charge < -0.3 is 10.6 Å². The number of aryl methyl sites for hydroxylation is 1. The molecule has 4 heteroatoms. The number of hydrogen-bond acceptors (Lipinski definition) is 3. The molecule has 1 aliphatic carbocycles. The molecule has 0 bridgehead atoms. The van der Waals surface area contributed by atoms with Crippen LogP contribution in [0.4, 0.5) is 5.69 Å². The number of carbonyl (C=O) groups is 1. The molecule has 0 unspecified atom stereocenters. The van der Waals surface area contributed by atoms with Gasteiger partial charge in [-0.3, -0.25) is 9.78 Å². The van der Waals surface area contributed by atoms with E-state index < -0.39 is 0 Å². The number of carbonyl (C=O) groups excluding carboxylic acids is 1. The highest BCUT2D eigenvalue weighted by atomic mass is 16.1. The molecule has 108 valence electrons. The first-order valence-electron chi connectivity index (χ1n) is 7.27. The van der Waals surface area contributed by atoms with Crippen LogP contribution in [0.2, 0.25) is 0 Å². The third-order valence-corrected chi connectivity index (χ3v) is 3.58. The normalized spacial score (nSPS) is 14.0. The number of anilines is 1. The Morgan fingerprint density at radius 1 is 1.29 bits per heavy atom. The van der Waals surface area contributed by atoms with Crippen LogP contribution in [-0.4, -0.2) is 16.9 Å². The van der Waals surface area contributed by atoms with Crippen LogP contribution in [0.25, 0.3) is 0 Å². The largest absolute Gasteiger partial charge is 0.321 e. The molecule has 4 nitrogen and oxygen atoms in total. The molecule has 3 rings (SSSR count). The summed E-state index contributed by atoms with van der Waals surface area (Å²) >= 11 is 0. The van der Waals surface area contributed by atoms with Crippen molar-refractivity contribution in [2.75, 3.05) is 5.32 Å². The molecule has 1 fully saturated rings. The Morgan fingerprint density at radius 2 is 2.14 bits per heavy atom. The second-order valence-electron chi connectivity index (χ2n) is 5.48. The van der Waals surface area contributed by atoms with Crippen LogP contribution >= 0.6 is 0 Å². The average molecular weight is 281 g/mol. The molecule has 2 aromatic rings. The molecule has 0 spiro atoms. The van der Waals surface area contributed by atoms with E-state index in [4.69, 9.17) is 0 Å². The first kappa shape index (κ1) is 13.8. The summed E-state index contributed by atoms with van der Waals surface area (Å²) in [6.45, 7) is 2.73. The summed E-state index contributed by atoms with van der Waals surface area (Å²) in [7, 11) is 0. The van der Waals surface area contributed by atoms with Crippen molar-refractivity contribution in [3.63, 3.8) is 0 Å². The lowest BCUT2D eigenvalue weighted by molar-refractivity contribution is 0.102.